The molecule has 1 heterocycles. The molecule has 1 aliphatic heterocycles. The number of hydrogen-bond donors (Lipinski definition) is 1. The molecule has 1 aliphatic rings. The molecular formula is C9H10O2. The summed E-state index contributed by atoms with van der Waals surface area (Å²) >= 11 is 0. The minimum Gasteiger partial charge on any atom is -0.491 e. The monoisotopic (exact) mass is 151 g/mol. The first-order chi connectivity index (χ1) is 5.79. The Bertz CT molecular complexity index is 288. The van der Waals surface area contributed by atoms with Crippen LogP contribution < -0.4 is 4.74 Å². The largest absolute Gasteiger partial charge is 0.491 e. The predicted molar refractivity (Wildman–Crippen MR) is 41.6 cm³/mol. The zero-order valence-corrected chi connectivity index (χ0v) is 6.03. The number of fused-ring (bicyclic) bond motifs is 1. The Balaban J connectivity index is 2.42. The van der Waals surface area contributed by atoms with Gasteiger partial charge in [0.05, 0.1) is 6.10 Å². The van der Waals surface area contributed by atoms with Crippen molar-refractivity contribution in [2.75, 3.05) is 6.61 Å². The summed E-state index contributed by atoms with van der Waals surface area (Å²) in [6.07, 6.45) is -1.25. The molecule has 2 heteroatoms. The first-order valence-corrected chi connectivity index (χ1v) is 3.61. The molecular weight excluding hydrogens is 140 g/mol. The van der Waals surface area contributed by atoms with Crippen LogP contribution in [0.3, 0.4) is 0 Å². The van der Waals surface area contributed by atoms with Crippen molar-refractivity contribution in [1.29, 1.82) is 0 Å². The summed E-state index contributed by atoms with van der Waals surface area (Å²) in [5, 5.41) is 9.31. The third-order valence-electron chi connectivity index (χ3n) is 1.70. The van der Waals surface area contributed by atoms with E-state index in [2.05, 4.69) is 0 Å². The third kappa shape index (κ3) is 1.21. The zero-order valence-electron chi connectivity index (χ0n) is 7.03. The van der Waals surface area contributed by atoms with E-state index in [1.807, 2.05) is 24.3 Å². The van der Waals surface area contributed by atoms with Crippen LogP contribution in [0.25, 0.3) is 0 Å². The number of benzene rings is 1. The molecule has 1 aromatic carbocycles. The number of ether oxygens (including phenoxy) is 1. The molecule has 0 aliphatic carbocycles. The SMILES string of the molecule is [2H][C@@H]1c2ccccc2OC[C@H]1O. The topological polar surface area (TPSA) is 29.5 Å². The second-order valence-electron chi connectivity index (χ2n) is 2.58. The van der Waals surface area contributed by atoms with Gasteiger partial charge in [0.25, 0.3) is 0 Å². The third-order valence-corrected chi connectivity index (χ3v) is 1.70. The Morgan fingerprint density at radius 3 is 3.27 bits per heavy atom. The van der Waals surface area contributed by atoms with Gasteiger partial charge in [0.1, 0.15) is 12.4 Å². The first-order valence-electron chi connectivity index (χ1n) is 4.19. The van der Waals surface area contributed by atoms with E-state index in [4.69, 9.17) is 6.11 Å². The molecule has 2 atom stereocenters. The standard InChI is InChI=1S/C9H10O2/c10-8-5-7-3-1-2-4-9(7)11-6-8/h1-4,8,10H,5-6H2/t8-/m0/s1/i5D/t5-,8+/m1. The van der Waals surface area contributed by atoms with Gasteiger partial charge in [0.2, 0.25) is 0 Å². The molecule has 0 saturated heterocycles. The van der Waals surface area contributed by atoms with Crippen LogP contribution in [0.2, 0.25) is 0 Å². The summed E-state index contributed by atoms with van der Waals surface area (Å²) in [6, 6.07) is 7.35. The average Bonchev–Trinajstić information content (AvgIpc) is 2.12. The van der Waals surface area contributed by atoms with Crippen LogP contribution in [-0.2, 0) is 6.40 Å². The zero-order chi connectivity index (χ0) is 8.55. The Hall–Kier alpha value is -1.02. The van der Waals surface area contributed by atoms with Crippen molar-refractivity contribution in [3.8, 4) is 5.75 Å². The summed E-state index contributed by atoms with van der Waals surface area (Å²) in [6.45, 7) is 0.227. The van der Waals surface area contributed by atoms with Crippen LogP contribution in [-0.4, -0.2) is 17.8 Å². The number of aliphatic hydroxyl groups is 1. The highest BCUT2D eigenvalue weighted by molar-refractivity contribution is 5.35. The normalized spacial score (nSPS) is 30.1. The van der Waals surface area contributed by atoms with Gasteiger partial charge in [-0.2, -0.15) is 0 Å². The van der Waals surface area contributed by atoms with E-state index in [-0.39, 0.29) is 6.61 Å². The van der Waals surface area contributed by atoms with Crippen LogP contribution in [0, 0.1) is 0 Å². The smallest absolute Gasteiger partial charge is 0.122 e. The molecule has 58 valence electrons. The summed E-state index contributed by atoms with van der Waals surface area (Å²) in [7, 11) is 0. The van der Waals surface area contributed by atoms with Gasteiger partial charge in [-0.3, -0.25) is 0 Å². The lowest BCUT2D eigenvalue weighted by Crippen LogP contribution is -2.25. The van der Waals surface area contributed by atoms with E-state index in [1.165, 1.54) is 0 Å². The van der Waals surface area contributed by atoms with Crippen LogP contribution in [0.15, 0.2) is 24.3 Å². The van der Waals surface area contributed by atoms with E-state index in [1.54, 1.807) is 0 Å². The predicted octanol–water partition coefficient (Wildman–Crippen LogP) is 0.982. The fourth-order valence-corrected chi connectivity index (χ4v) is 1.18. The molecule has 0 aromatic heterocycles. The molecule has 11 heavy (non-hydrogen) atoms. The fraction of sp³-hybridized carbons (Fsp3) is 0.333. The van der Waals surface area contributed by atoms with Crippen molar-refractivity contribution in [2.45, 2.75) is 12.5 Å². The van der Waals surface area contributed by atoms with Gasteiger partial charge in [-0.15, -0.1) is 0 Å². The van der Waals surface area contributed by atoms with E-state index in [0.29, 0.717) is 0 Å². The fourth-order valence-electron chi connectivity index (χ4n) is 1.18. The molecule has 1 N–H and O–H groups in total. The lowest BCUT2D eigenvalue weighted by molar-refractivity contribution is 0.0921. The highest BCUT2D eigenvalue weighted by atomic mass is 16.5. The van der Waals surface area contributed by atoms with Crippen molar-refractivity contribution in [1.82, 2.24) is 0 Å². The lowest BCUT2D eigenvalue weighted by atomic mass is 10.1. The maximum atomic E-state index is 9.31. The van der Waals surface area contributed by atoms with E-state index >= 15 is 0 Å². The van der Waals surface area contributed by atoms with Gasteiger partial charge in [-0.1, -0.05) is 18.2 Å². The summed E-state index contributed by atoms with van der Waals surface area (Å²) < 4.78 is 12.9. The van der Waals surface area contributed by atoms with Crippen molar-refractivity contribution >= 4 is 0 Å². The van der Waals surface area contributed by atoms with Crippen molar-refractivity contribution < 1.29 is 11.2 Å². The Morgan fingerprint density at radius 2 is 2.36 bits per heavy atom. The first kappa shape index (κ1) is 5.61. The van der Waals surface area contributed by atoms with Crippen LogP contribution in [0.4, 0.5) is 0 Å². The van der Waals surface area contributed by atoms with Gasteiger partial charge in [0.15, 0.2) is 0 Å². The van der Waals surface area contributed by atoms with Gasteiger partial charge < -0.3 is 9.84 Å². The number of para-hydroxylation sites is 1. The molecule has 0 unspecified atom stereocenters. The molecule has 0 spiro atoms. The van der Waals surface area contributed by atoms with Crippen LogP contribution in [0.5, 0.6) is 5.75 Å². The Kier molecular flexibility index (Phi) is 1.30. The van der Waals surface area contributed by atoms with Crippen molar-refractivity contribution in [2.24, 2.45) is 0 Å². The quantitative estimate of drug-likeness (QED) is 0.599. The average molecular weight is 151 g/mol. The Labute approximate surface area is 66.8 Å². The van der Waals surface area contributed by atoms with E-state index in [0.717, 1.165) is 11.3 Å². The molecule has 1 aromatic rings. The number of rotatable bonds is 0. The maximum absolute atomic E-state index is 9.31. The van der Waals surface area contributed by atoms with E-state index in [9.17, 15) is 5.11 Å². The molecule has 0 saturated carbocycles. The number of hydrogen-bond acceptors (Lipinski definition) is 2. The van der Waals surface area contributed by atoms with Crippen molar-refractivity contribution in [3.05, 3.63) is 29.8 Å². The molecule has 2 rings (SSSR count). The molecule has 0 fully saturated rings. The minimum atomic E-state index is -0.695. The molecule has 2 nitrogen and oxygen atoms in total. The van der Waals surface area contributed by atoms with Crippen LogP contribution in [0.1, 0.15) is 6.93 Å². The van der Waals surface area contributed by atoms with Gasteiger partial charge in [-0.25, -0.2) is 0 Å². The Morgan fingerprint density at radius 1 is 1.55 bits per heavy atom. The maximum Gasteiger partial charge on any atom is 0.122 e. The minimum absolute atomic E-state index is 0.227. The van der Waals surface area contributed by atoms with Crippen LogP contribution >= 0.6 is 0 Å². The molecule has 0 bridgehead atoms. The van der Waals surface area contributed by atoms with Gasteiger partial charge in [0, 0.05) is 7.77 Å². The summed E-state index contributed by atoms with van der Waals surface area (Å²) in [4.78, 5) is 0. The summed E-state index contributed by atoms with van der Waals surface area (Å²) in [5.41, 5.74) is 0.774. The number of aliphatic hydroxyl groups excluding tert-OH is 1. The summed E-state index contributed by atoms with van der Waals surface area (Å²) in [5.74, 6) is 0.725. The van der Waals surface area contributed by atoms with Gasteiger partial charge >= 0.3 is 0 Å². The second kappa shape index (κ2) is 2.55. The molecule has 0 radical (unpaired) electrons. The van der Waals surface area contributed by atoms with E-state index < -0.39 is 12.5 Å². The second-order valence-corrected chi connectivity index (χ2v) is 2.58. The highest BCUT2D eigenvalue weighted by Crippen LogP contribution is 2.23. The van der Waals surface area contributed by atoms with Gasteiger partial charge in [-0.05, 0) is 11.6 Å². The lowest BCUT2D eigenvalue weighted by Gasteiger charge is -2.20. The highest BCUT2D eigenvalue weighted by Gasteiger charge is 2.15. The molecule has 0 amide bonds. The van der Waals surface area contributed by atoms with Crippen molar-refractivity contribution in [3.63, 3.8) is 0 Å².